The molecule has 2 heterocycles. The fourth-order valence-electron chi connectivity index (χ4n) is 1.74. The molecule has 0 aliphatic carbocycles. The molecule has 21 heavy (non-hydrogen) atoms. The number of benzene rings is 1. The van der Waals surface area contributed by atoms with Gasteiger partial charge in [0.2, 0.25) is 11.8 Å². The van der Waals surface area contributed by atoms with Crippen LogP contribution in [0.3, 0.4) is 0 Å². The lowest BCUT2D eigenvalue weighted by Crippen LogP contribution is -2.00. The highest BCUT2D eigenvalue weighted by molar-refractivity contribution is 6.30. The molecule has 0 saturated heterocycles. The second kappa shape index (κ2) is 5.83. The molecule has 2 aromatic heterocycles. The van der Waals surface area contributed by atoms with Gasteiger partial charge >= 0.3 is 0 Å². The monoisotopic (exact) mass is 323 g/mol. The van der Waals surface area contributed by atoms with Gasteiger partial charge in [0, 0.05) is 10.6 Å². The summed E-state index contributed by atoms with van der Waals surface area (Å²) < 4.78 is 7.20. The molecule has 0 fully saturated rings. The van der Waals surface area contributed by atoms with E-state index in [2.05, 4.69) is 20.5 Å². The van der Waals surface area contributed by atoms with Crippen LogP contribution in [-0.2, 0) is 6.54 Å². The maximum Gasteiger partial charge on any atom is 0.247 e. The van der Waals surface area contributed by atoms with Crippen molar-refractivity contribution in [3.05, 3.63) is 47.1 Å². The van der Waals surface area contributed by atoms with Crippen LogP contribution in [0, 0.1) is 0 Å². The predicted molar refractivity (Wildman–Crippen MR) is 78.1 cm³/mol. The van der Waals surface area contributed by atoms with Crippen LogP contribution in [0.15, 0.2) is 34.9 Å². The lowest BCUT2D eigenvalue weighted by atomic mass is 10.2. The van der Waals surface area contributed by atoms with E-state index in [4.69, 9.17) is 27.6 Å². The van der Waals surface area contributed by atoms with E-state index in [9.17, 15) is 0 Å². The largest absolute Gasteiger partial charge is 0.419 e. The predicted octanol–water partition coefficient (Wildman–Crippen LogP) is 3.33. The summed E-state index contributed by atoms with van der Waals surface area (Å²) in [5.41, 5.74) is 1.51. The van der Waals surface area contributed by atoms with Crippen LogP contribution in [0.4, 0.5) is 0 Å². The van der Waals surface area contributed by atoms with Crippen molar-refractivity contribution in [3.63, 3.8) is 0 Å². The summed E-state index contributed by atoms with van der Waals surface area (Å²) in [6.45, 7) is 2.18. The second-order valence-corrected chi connectivity index (χ2v) is 5.56. The third kappa shape index (κ3) is 3.22. The first-order chi connectivity index (χ1) is 10.1. The summed E-state index contributed by atoms with van der Waals surface area (Å²) >= 11 is 11.8. The lowest BCUT2D eigenvalue weighted by Gasteiger charge is -1.96. The molecule has 6 nitrogen and oxygen atoms in total. The quantitative estimate of drug-likeness (QED) is 0.689. The highest BCUT2D eigenvalue weighted by Crippen LogP contribution is 2.20. The molecule has 0 saturated carbocycles. The summed E-state index contributed by atoms with van der Waals surface area (Å²) in [5.74, 6) is 0.881. The van der Waals surface area contributed by atoms with E-state index < -0.39 is 0 Å². The van der Waals surface area contributed by atoms with Gasteiger partial charge in [0.25, 0.3) is 0 Å². The van der Waals surface area contributed by atoms with Crippen LogP contribution >= 0.6 is 23.2 Å². The highest BCUT2D eigenvalue weighted by Gasteiger charge is 2.11. The zero-order valence-corrected chi connectivity index (χ0v) is 12.6. The number of aromatic nitrogens is 5. The Morgan fingerprint density at radius 1 is 1.19 bits per heavy atom. The third-order valence-electron chi connectivity index (χ3n) is 2.82. The fraction of sp³-hybridized carbons (Fsp3) is 0.231. The molecule has 1 unspecified atom stereocenters. The van der Waals surface area contributed by atoms with Crippen LogP contribution in [0.1, 0.15) is 23.9 Å². The van der Waals surface area contributed by atoms with Crippen molar-refractivity contribution in [1.82, 2.24) is 25.2 Å². The number of hydrogen-bond acceptors (Lipinski definition) is 5. The molecule has 0 N–H and O–H groups in total. The van der Waals surface area contributed by atoms with E-state index in [1.807, 2.05) is 19.1 Å². The van der Waals surface area contributed by atoms with E-state index in [1.165, 1.54) is 0 Å². The van der Waals surface area contributed by atoms with Crippen LogP contribution in [-0.4, -0.2) is 25.2 Å². The highest BCUT2D eigenvalue weighted by atomic mass is 35.5. The van der Waals surface area contributed by atoms with Gasteiger partial charge in [0.1, 0.15) is 12.2 Å². The normalized spacial score (nSPS) is 12.5. The van der Waals surface area contributed by atoms with Gasteiger partial charge in [-0.15, -0.1) is 26.9 Å². The molecule has 0 aliphatic rings. The Balaban J connectivity index is 1.76. The maximum atomic E-state index is 5.94. The van der Waals surface area contributed by atoms with Gasteiger partial charge < -0.3 is 4.42 Å². The van der Waals surface area contributed by atoms with Gasteiger partial charge in [-0.1, -0.05) is 16.8 Å². The number of nitrogens with zero attached hydrogens (tertiary/aromatic N) is 5. The molecule has 1 atom stereocenters. The number of rotatable bonds is 4. The molecule has 8 heteroatoms. The van der Waals surface area contributed by atoms with E-state index in [-0.39, 0.29) is 5.38 Å². The summed E-state index contributed by atoms with van der Waals surface area (Å²) in [4.78, 5) is 0. The molecule has 108 valence electrons. The molecule has 0 spiro atoms. The lowest BCUT2D eigenvalue weighted by molar-refractivity contribution is 0.469. The molecule has 0 amide bonds. The first kappa shape index (κ1) is 14.0. The second-order valence-electron chi connectivity index (χ2n) is 4.46. The smallest absolute Gasteiger partial charge is 0.247 e. The van der Waals surface area contributed by atoms with Crippen molar-refractivity contribution in [2.75, 3.05) is 0 Å². The topological polar surface area (TPSA) is 69.6 Å². The number of alkyl halides is 1. The minimum Gasteiger partial charge on any atom is -0.419 e. The molecule has 1 aromatic carbocycles. The van der Waals surface area contributed by atoms with Crippen LogP contribution in [0.5, 0.6) is 0 Å². The van der Waals surface area contributed by atoms with Crippen molar-refractivity contribution in [1.29, 1.82) is 0 Å². The molecule has 3 aromatic rings. The average Bonchev–Trinajstić information content (AvgIpc) is 3.10. The first-order valence-electron chi connectivity index (χ1n) is 6.24. The van der Waals surface area contributed by atoms with Gasteiger partial charge in [0.15, 0.2) is 0 Å². The van der Waals surface area contributed by atoms with Crippen molar-refractivity contribution < 1.29 is 4.42 Å². The van der Waals surface area contributed by atoms with Gasteiger partial charge in [-0.25, -0.2) is 4.68 Å². The fourth-order valence-corrected chi connectivity index (χ4v) is 1.96. The minimum absolute atomic E-state index is 0.189. The molecule has 3 rings (SSSR count). The maximum absolute atomic E-state index is 5.94. The summed E-state index contributed by atoms with van der Waals surface area (Å²) in [6.07, 6.45) is 1.75. The van der Waals surface area contributed by atoms with Crippen LogP contribution in [0.25, 0.3) is 11.5 Å². The Morgan fingerprint density at radius 3 is 2.62 bits per heavy atom. The van der Waals surface area contributed by atoms with Gasteiger partial charge in [-0.05, 0) is 31.2 Å². The summed E-state index contributed by atoms with van der Waals surface area (Å²) in [7, 11) is 0. The number of halogens is 2. The molecular weight excluding hydrogens is 313 g/mol. The minimum atomic E-state index is -0.189. The van der Waals surface area contributed by atoms with E-state index in [0.717, 1.165) is 5.56 Å². The third-order valence-corrected chi connectivity index (χ3v) is 3.29. The molecule has 0 radical (unpaired) electrons. The van der Waals surface area contributed by atoms with Crippen molar-refractivity contribution in [2.45, 2.75) is 18.8 Å². The molecule has 0 aliphatic heterocycles. The zero-order chi connectivity index (χ0) is 14.8. The van der Waals surface area contributed by atoms with E-state index >= 15 is 0 Å². The zero-order valence-electron chi connectivity index (χ0n) is 11.1. The summed E-state index contributed by atoms with van der Waals surface area (Å²) in [6, 6.07) is 7.18. The van der Waals surface area contributed by atoms with E-state index in [0.29, 0.717) is 29.0 Å². The van der Waals surface area contributed by atoms with Crippen LogP contribution < -0.4 is 0 Å². The average molecular weight is 324 g/mol. The SMILES string of the molecule is CC(Cl)c1cn(Cc2nnc(-c3ccc(Cl)cc3)o2)nn1. The Labute approximate surface area is 130 Å². The van der Waals surface area contributed by atoms with Crippen molar-refractivity contribution >= 4 is 23.2 Å². The Bertz CT molecular complexity index is 735. The molecular formula is C13H11Cl2N5O. The standard InChI is InChI=1S/C13H11Cl2N5O/c1-8(14)11-6-20(19-16-11)7-12-17-18-13(21-12)9-2-4-10(15)5-3-9/h2-6,8H,7H2,1H3. The Hall–Kier alpha value is -1.92. The number of hydrogen-bond donors (Lipinski definition) is 0. The van der Waals surface area contributed by atoms with Crippen molar-refractivity contribution in [3.8, 4) is 11.5 Å². The Morgan fingerprint density at radius 2 is 1.95 bits per heavy atom. The van der Waals surface area contributed by atoms with Crippen molar-refractivity contribution in [2.24, 2.45) is 0 Å². The van der Waals surface area contributed by atoms with Gasteiger partial charge in [-0.3, -0.25) is 0 Å². The Kier molecular flexibility index (Phi) is 3.90. The van der Waals surface area contributed by atoms with E-state index in [1.54, 1.807) is 23.0 Å². The van der Waals surface area contributed by atoms with Gasteiger partial charge in [0.05, 0.1) is 11.6 Å². The summed E-state index contributed by atoms with van der Waals surface area (Å²) in [5, 5.41) is 16.4. The first-order valence-corrected chi connectivity index (χ1v) is 7.05. The van der Waals surface area contributed by atoms with Gasteiger partial charge in [-0.2, -0.15) is 0 Å². The molecule has 0 bridgehead atoms. The van der Waals surface area contributed by atoms with Crippen LogP contribution in [0.2, 0.25) is 5.02 Å².